The van der Waals surface area contributed by atoms with Gasteiger partial charge in [0.2, 0.25) is 0 Å². The Morgan fingerprint density at radius 3 is 1.75 bits per heavy atom. The second-order valence-electron chi connectivity index (χ2n) is 2.04. The van der Waals surface area contributed by atoms with Gasteiger partial charge in [0, 0.05) is 0 Å². The Balaban J connectivity index is 0.00000121. The van der Waals surface area contributed by atoms with E-state index in [0.717, 1.165) is 24.3 Å². The van der Waals surface area contributed by atoms with Crippen molar-refractivity contribution in [3.05, 3.63) is 29.8 Å². The van der Waals surface area contributed by atoms with Crippen LogP contribution in [-0.4, -0.2) is 24.0 Å². The van der Waals surface area contributed by atoms with Crippen LogP contribution in [0.3, 0.4) is 0 Å². The molecule has 0 aromatic heterocycles. The number of rotatable bonds is 0. The summed E-state index contributed by atoms with van der Waals surface area (Å²) in [6.07, 6.45) is -4.33. The molecule has 0 spiro atoms. The first kappa shape index (κ1) is 11.4. The summed E-state index contributed by atoms with van der Waals surface area (Å²) in [5, 5.41) is 8.66. The van der Waals surface area contributed by atoms with E-state index in [4.69, 9.17) is 5.11 Å². The molecule has 1 aromatic carbocycles. The van der Waals surface area contributed by atoms with Crippen LogP contribution in [0.15, 0.2) is 24.3 Å². The van der Waals surface area contributed by atoms with Crippen LogP contribution >= 0.6 is 0 Å². The first-order chi connectivity index (χ1) is 5.00. The van der Waals surface area contributed by atoms with Crippen LogP contribution in [-0.2, 0) is 6.18 Å². The summed E-state index contributed by atoms with van der Waals surface area (Å²) < 4.78 is 35.5. The van der Waals surface area contributed by atoms with Crippen molar-refractivity contribution in [1.82, 2.24) is 0 Å². The zero-order valence-electron chi connectivity index (χ0n) is 5.39. The standard InChI is InChI=1S/C7H5F3O.Li.H/c8-7(9,10)5-1-3-6(11)4-2-5;;/h1-4,11H;;. The second-order valence-corrected chi connectivity index (χ2v) is 2.04. The number of aromatic hydroxyl groups is 1. The number of phenolic OH excluding ortho intramolecular Hbond substituents is 1. The van der Waals surface area contributed by atoms with Gasteiger partial charge in [-0.2, -0.15) is 13.2 Å². The molecule has 0 aliphatic rings. The second kappa shape index (κ2) is 3.88. The predicted octanol–water partition coefficient (Wildman–Crippen LogP) is 1.76. The summed E-state index contributed by atoms with van der Waals surface area (Å²) in [5.74, 6) is -0.169. The number of hydrogen-bond acceptors (Lipinski definition) is 1. The van der Waals surface area contributed by atoms with Gasteiger partial charge in [-0.3, -0.25) is 0 Å². The minimum atomic E-state index is -4.33. The van der Waals surface area contributed by atoms with E-state index in [0.29, 0.717) is 0 Å². The summed E-state index contributed by atoms with van der Waals surface area (Å²) in [7, 11) is 0. The fraction of sp³-hybridized carbons (Fsp3) is 0.143. The molecule has 0 saturated carbocycles. The van der Waals surface area contributed by atoms with Gasteiger partial charge in [-0.25, -0.2) is 0 Å². The number of hydrogen-bond donors (Lipinski definition) is 1. The molecule has 12 heavy (non-hydrogen) atoms. The van der Waals surface area contributed by atoms with Gasteiger partial charge in [0.05, 0.1) is 5.56 Å². The normalized spacial score (nSPS) is 10.6. The Morgan fingerprint density at radius 1 is 1.00 bits per heavy atom. The third-order valence-corrected chi connectivity index (χ3v) is 1.19. The van der Waals surface area contributed by atoms with Crippen LogP contribution in [0.25, 0.3) is 0 Å². The molecule has 0 saturated heterocycles. The first-order valence-corrected chi connectivity index (χ1v) is 2.86. The van der Waals surface area contributed by atoms with Crippen molar-refractivity contribution in [3.63, 3.8) is 0 Å². The molecular formula is C7H6F3LiO. The third-order valence-electron chi connectivity index (χ3n) is 1.19. The average molecular weight is 170 g/mol. The molecule has 1 aromatic rings. The van der Waals surface area contributed by atoms with E-state index in [1.807, 2.05) is 0 Å². The first-order valence-electron chi connectivity index (χ1n) is 2.86. The summed E-state index contributed by atoms with van der Waals surface area (Å²) in [4.78, 5) is 0. The Morgan fingerprint density at radius 2 is 1.42 bits per heavy atom. The van der Waals surface area contributed by atoms with Crippen molar-refractivity contribution in [1.29, 1.82) is 0 Å². The van der Waals surface area contributed by atoms with Gasteiger partial charge in [0.15, 0.2) is 0 Å². The molecule has 0 aliphatic carbocycles. The molecule has 0 unspecified atom stereocenters. The number of phenols is 1. The molecule has 1 nitrogen and oxygen atoms in total. The van der Waals surface area contributed by atoms with Crippen LogP contribution < -0.4 is 0 Å². The molecule has 1 rings (SSSR count). The van der Waals surface area contributed by atoms with Crippen LogP contribution in [0.2, 0.25) is 0 Å². The van der Waals surface area contributed by atoms with Crippen LogP contribution in [0, 0.1) is 0 Å². The molecule has 0 amide bonds. The molecule has 0 heterocycles. The van der Waals surface area contributed by atoms with Crippen molar-refractivity contribution < 1.29 is 18.3 Å². The van der Waals surface area contributed by atoms with E-state index in [9.17, 15) is 13.2 Å². The van der Waals surface area contributed by atoms with E-state index in [-0.39, 0.29) is 24.6 Å². The fourth-order valence-electron chi connectivity index (χ4n) is 0.650. The van der Waals surface area contributed by atoms with E-state index in [1.165, 1.54) is 0 Å². The molecular weight excluding hydrogens is 164 g/mol. The van der Waals surface area contributed by atoms with Crippen molar-refractivity contribution in [3.8, 4) is 5.75 Å². The zero-order chi connectivity index (χ0) is 8.48. The summed E-state index contributed by atoms with van der Waals surface area (Å²) in [5.41, 5.74) is -0.754. The van der Waals surface area contributed by atoms with Gasteiger partial charge in [-0.1, -0.05) is 0 Å². The molecule has 1 N–H and O–H groups in total. The third kappa shape index (κ3) is 2.80. The molecule has 0 bridgehead atoms. The number of benzene rings is 1. The molecule has 5 heteroatoms. The Labute approximate surface area is 79.4 Å². The van der Waals surface area contributed by atoms with Gasteiger partial charge in [0.25, 0.3) is 0 Å². The summed E-state index contributed by atoms with van der Waals surface area (Å²) >= 11 is 0. The van der Waals surface area contributed by atoms with E-state index in [2.05, 4.69) is 0 Å². The van der Waals surface area contributed by atoms with Crippen LogP contribution in [0.4, 0.5) is 13.2 Å². The fourth-order valence-corrected chi connectivity index (χ4v) is 0.650. The Hall–Kier alpha value is -0.593. The number of alkyl halides is 3. The average Bonchev–Trinajstić information content (AvgIpc) is 1.86. The van der Waals surface area contributed by atoms with Crippen LogP contribution in [0.5, 0.6) is 5.75 Å². The van der Waals surface area contributed by atoms with Crippen molar-refractivity contribution in [2.24, 2.45) is 0 Å². The monoisotopic (exact) mass is 170 g/mol. The van der Waals surface area contributed by atoms with Crippen molar-refractivity contribution in [2.75, 3.05) is 0 Å². The van der Waals surface area contributed by atoms with Crippen molar-refractivity contribution in [2.45, 2.75) is 6.18 Å². The van der Waals surface area contributed by atoms with Crippen LogP contribution in [0.1, 0.15) is 5.56 Å². The number of halogens is 3. The molecule has 0 aliphatic heterocycles. The molecule has 0 atom stereocenters. The minimum absolute atomic E-state index is 0. The zero-order valence-corrected chi connectivity index (χ0v) is 5.39. The van der Waals surface area contributed by atoms with Gasteiger partial charge in [-0.15, -0.1) is 0 Å². The van der Waals surface area contributed by atoms with E-state index < -0.39 is 11.7 Å². The van der Waals surface area contributed by atoms with Gasteiger partial charge < -0.3 is 5.11 Å². The van der Waals surface area contributed by atoms with E-state index in [1.54, 1.807) is 0 Å². The maximum atomic E-state index is 11.8. The summed E-state index contributed by atoms with van der Waals surface area (Å²) in [6, 6.07) is 3.66. The quantitative estimate of drug-likeness (QED) is 0.588. The molecule has 0 radical (unpaired) electrons. The maximum absolute atomic E-state index is 11.8. The summed E-state index contributed by atoms with van der Waals surface area (Å²) in [6.45, 7) is 0. The van der Waals surface area contributed by atoms with Gasteiger partial charge >= 0.3 is 25.0 Å². The van der Waals surface area contributed by atoms with E-state index >= 15 is 0 Å². The Kier molecular flexibility index (Phi) is 3.69. The Bertz CT molecular complexity index is 242. The topological polar surface area (TPSA) is 20.2 Å². The molecule has 0 fully saturated rings. The van der Waals surface area contributed by atoms with Gasteiger partial charge in [-0.05, 0) is 24.3 Å². The predicted molar refractivity (Wildman–Crippen MR) is 40.3 cm³/mol. The van der Waals surface area contributed by atoms with Crippen molar-refractivity contribution >= 4 is 18.9 Å². The molecule has 62 valence electrons. The SMILES string of the molecule is Oc1ccc(C(F)(F)F)cc1.[LiH]. The van der Waals surface area contributed by atoms with Gasteiger partial charge in [0.1, 0.15) is 5.75 Å².